The fourth-order valence-corrected chi connectivity index (χ4v) is 1.93. The number of aromatic hydroxyl groups is 1. The van der Waals surface area contributed by atoms with Gasteiger partial charge in [0.1, 0.15) is 11.4 Å². The SMILES string of the molecule is Cc1ccc(-c2nc(-c3cccc(C)n3)no2)c(O)c1. The number of pyridine rings is 1. The van der Waals surface area contributed by atoms with Crippen molar-refractivity contribution in [3.8, 4) is 28.7 Å². The van der Waals surface area contributed by atoms with Crippen molar-refractivity contribution in [3.05, 3.63) is 47.7 Å². The summed E-state index contributed by atoms with van der Waals surface area (Å²) in [6.07, 6.45) is 0. The third kappa shape index (κ3) is 2.25. The smallest absolute Gasteiger partial charge is 0.262 e. The highest BCUT2D eigenvalue weighted by molar-refractivity contribution is 5.64. The molecule has 2 aromatic heterocycles. The second-order valence-corrected chi connectivity index (χ2v) is 4.61. The Morgan fingerprint density at radius 1 is 1.05 bits per heavy atom. The second-order valence-electron chi connectivity index (χ2n) is 4.61. The minimum absolute atomic E-state index is 0.123. The molecule has 0 aliphatic carbocycles. The number of hydrogen-bond acceptors (Lipinski definition) is 5. The molecular weight excluding hydrogens is 254 g/mol. The molecule has 0 atom stereocenters. The highest BCUT2D eigenvalue weighted by Crippen LogP contribution is 2.29. The van der Waals surface area contributed by atoms with Crippen molar-refractivity contribution >= 4 is 0 Å². The number of benzene rings is 1. The van der Waals surface area contributed by atoms with Crippen molar-refractivity contribution < 1.29 is 9.63 Å². The van der Waals surface area contributed by atoms with Gasteiger partial charge in [0.15, 0.2) is 0 Å². The Kier molecular flexibility index (Phi) is 2.95. The number of rotatable bonds is 2. The minimum Gasteiger partial charge on any atom is -0.507 e. The average molecular weight is 267 g/mol. The quantitative estimate of drug-likeness (QED) is 0.772. The molecule has 0 saturated heterocycles. The Labute approximate surface area is 115 Å². The highest BCUT2D eigenvalue weighted by Gasteiger charge is 2.14. The molecule has 1 N–H and O–H groups in total. The fourth-order valence-electron chi connectivity index (χ4n) is 1.93. The van der Waals surface area contributed by atoms with E-state index in [0.29, 0.717) is 17.1 Å². The first kappa shape index (κ1) is 12.3. The Bertz CT molecular complexity index is 765. The van der Waals surface area contributed by atoms with Crippen LogP contribution >= 0.6 is 0 Å². The van der Waals surface area contributed by atoms with E-state index in [9.17, 15) is 5.11 Å². The van der Waals surface area contributed by atoms with Gasteiger partial charge in [-0.15, -0.1) is 0 Å². The maximum Gasteiger partial charge on any atom is 0.262 e. The van der Waals surface area contributed by atoms with Gasteiger partial charge in [-0.2, -0.15) is 4.98 Å². The summed E-state index contributed by atoms with van der Waals surface area (Å²) in [5.41, 5.74) is 3.01. The lowest BCUT2D eigenvalue weighted by molar-refractivity contribution is 0.425. The molecule has 3 aromatic rings. The molecule has 0 aliphatic heterocycles. The van der Waals surface area contributed by atoms with Gasteiger partial charge in [0.2, 0.25) is 5.82 Å². The molecule has 0 saturated carbocycles. The number of nitrogens with zero attached hydrogens (tertiary/aromatic N) is 3. The van der Waals surface area contributed by atoms with Gasteiger partial charge in [-0.25, -0.2) is 4.98 Å². The van der Waals surface area contributed by atoms with E-state index in [1.165, 1.54) is 0 Å². The predicted molar refractivity (Wildman–Crippen MR) is 74.1 cm³/mol. The number of phenolic OH excluding ortho intramolecular Hbond substituents is 1. The van der Waals surface area contributed by atoms with Crippen LogP contribution in [0.3, 0.4) is 0 Å². The maximum atomic E-state index is 9.93. The lowest BCUT2D eigenvalue weighted by Gasteiger charge is -1.99. The topological polar surface area (TPSA) is 72.0 Å². The van der Waals surface area contributed by atoms with Crippen molar-refractivity contribution in [2.24, 2.45) is 0 Å². The van der Waals surface area contributed by atoms with Crippen molar-refractivity contribution in [1.82, 2.24) is 15.1 Å². The van der Waals surface area contributed by atoms with Gasteiger partial charge in [0.05, 0.1) is 5.56 Å². The van der Waals surface area contributed by atoms with Gasteiger partial charge < -0.3 is 9.63 Å². The number of hydrogen-bond donors (Lipinski definition) is 1. The lowest BCUT2D eigenvalue weighted by Crippen LogP contribution is -1.88. The van der Waals surface area contributed by atoms with E-state index in [2.05, 4.69) is 15.1 Å². The van der Waals surface area contributed by atoms with Gasteiger partial charge in [0, 0.05) is 5.69 Å². The zero-order valence-electron chi connectivity index (χ0n) is 11.2. The molecule has 100 valence electrons. The Morgan fingerprint density at radius 3 is 2.65 bits per heavy atom. The van der Waals surface area contributed by atoms with Crippen LogP contribution in [0.2, 0.25) is 0 Å². The Morgan fingerprint density at radius 2 is 1.90 bits per heavy atom. The fraction of sp³-hybridized carbons (Fsp3) is 0.133. The van der Waals surface area contributed by atoms with Gasteiger partial charge in [-0.05, 0) is 43.7 Å². The summed E-state index contributed by atoms with van der Waals surface area (Å²) in [5.74, 6) is 0.807. The lowest BCUT2D eigenvalue weighted by atomic mass is 10.1. The van der Waals surface area contributed by atoms with E-state index in [1.54, 1.807) is 12.1 Å². The van der Waals surface area contributed by atoms with Gasteiger partial charge in [-0.3, -0.25) is 0 Å². The van der Waals surface area contributed by atoms with E-state index in [-0.39, 0.29) is 11.6 Å². The molecule has 0 fully saturated rings. The summed E-state index contributed by atoms with van der Waals surface area (Å²) >= 11 is 0. The van der Waals surface area contributed by atoms with Crippen molar-refractivity contribution in [3.63, 3.8) is 0 Å². The van der Waals surface area contributed by atoms with Crippen LogP contribution < -0.4 is 0 Å². The maximum absolute atomic E-state index is 9.93. The van der Waals surface area contributed by atoms with E-state index in [4.69, 9.17) is 4.52 Å². The van der Waals surface area contributed by atoms with Crippen LogP contribution in [0.15, 0.2) is 40.9 Å². The molecule has 0 unspecified atom stereocenters. The van der Waals surface area contributed by atoms with Crippen LogP contribution in [-0.4, -0.2) is 20.2 Å². The highest BCUT2D eigenvalue weighted by atomic mass is 16.5. The van der Waals surface area contributed by atoms with Crippen molar-refractivity contribution in [1.29, 1.82) is 0 Å². The van der Waals surface area contributed by atoms with E-state index >= 15 is 0 Å². The molecule has 20 heavy (non-hydrogen) atoms. The molecule has 0 amide bonds. The third-order valence-electron chi connectivity index (χ3n) is 2.93. The van der Waals surface area contributed by atoms with Crippen LogP contribution in [0.4, 0.5) is 0 Å². The average Bonchev–Trinajstić information content (AvgIpc) is 2.88. The molecule has 1 aromatic carbocycles. The second kappa shape index (κ2) is 4.77. The summed E-state index contributed by atoms with van der Waals surface area (Å²) < 4.78 is 5.20. The first-order chi connectivity index (χ1) is 9.63. The van der Waals surface area contributed by atoms with Crippen LogP contribution in [0, 0.1) is 13.8 Å². The molecule has 0 radical (unpaired) electrons. The normalized spacial score (nSPS) is 10.7. The Hall–Kier alpha value is -2.69. The number of aryl methyl sites for hydroxylation is 2. The van der Waals surface area contributed by atoms with Gasteiger partial charge in [0.25, 0.3) is 5.89 Å². The third-order valence-corrected chi connectivity index (χ3v) is 2.93. The zero-order chi connectivity index (χ0) is 14.1. The van der Waals surface area contributed by atoms with E-state index in [0.717, 1.165) is 11.3 Å². The van der Waals surface area contributed by atoms with Crippen LogP contribution in [-0.2, 0) is 0 Å². The first-order valence-corrected chi connectivity index (χ1v) is 6.21. The summed E-state index contributed by atoms with van der Waals surface area (Å²) in [6.45, 7) is 3.80. The summed E-state index contributed by atoms with van der Waals surface area (Å²) in [5, 5.41) is 13.8. The standard InChI is InChI=1S/C15H13N3O2/c1-9-6-7-11(13(19)8-9)15-17-14(18-20-15)12-5-3-4-10(2)16-12/h3-8,19H,1-2H3. The minimum atomic E-state index is 0.123. The molecule has 0 bridgehead atoms. The monoisotopic (exact) mass is 267 g/mol. The van der Waals surface area contributed by atoms with Gasteiger partial charge >= 0.3 is 0 Å². The van der Waals surface area contributed by atoms with E-state index in [1.807, 2.05) is 38.1 Å². The van der Waals surface area contributed by atoms with Crippen LogP contribution in [0.5, 0.6) is 5.75 Å². The number of phenols is 1. The molecule has 0 aliphatic rings. The van der Waals surface area contributed by atoms with Crippen molar-refractivity contribution in [2.75, 3.05) is 0 Å². The molecule has 5 heteroatoms. The summed E-state index contributed by atoms with van der Waals surface area (Å²) in [6, 6.07) is 10.9. The first-order valence-electron chi connectivity index (χ1n) is 6.21. The summed E-state index contributed by atoms with van der Waals surface area (Å²) in [7, 11) is 0. The van der Waals surface area contributed by atoms with Crippen molar-refractivity contribution in [2.45, 2.75) is 13.8 Å². The van der Waals surface area contributed by atoms with E-state index < -0.39 is 0 Å². The largest absolute Gasteiger partial charge is 0.507 e. The number of aromatic nitrogens is 3. The molecule has 5 nitrogen and oxygen atoms in total. The molecule has 0 spiro atoms. The molecular formula is C15H13N3O2. The van der Waals surface area contributed by atoms with Crippen LogP contribution in [0.1, 0.15) is 11.3 Å². The molecule has 2 heterocycles. The predicted octanol–water partition coefficient (Wildman–Crippen LogP) is 3.12. The summed E-state index contributed by atoms with van der Waals surface area (Å²) in [4.78, 5) is 8.62. The molecule has 3 rings (SSSR count). The van der Waals surface area contributed by atoms with Gasteiger partial charge in [-0.1, -0.05) is 17.3 Å². The Balaban J connectivity index is 2.02. The zero-order valence-corrected chi connectivity index (χ0v) is 11.2. The van der Waals surface area contributed by atoms with Crippen LogP contribution in [0.25, 0.3) is 23.0 Å².